The molecular weight excluding hydrogens is 597 g/mol. The quantitative estimate of drug-likeness (QED) is 0.113. The first-order chi connectivity index (χ1) is 24.2. The molecule has 9 rings (SSSR count). The van der Waals surface area contributed by atoms with E-state index in [0.29, 0.717) is 11.4 Å². The van der Waals surface area contributed by atoms with E-state index < -0.39 is 0 Å². The van der Waals surface area contributed by atoms with Crippen molar-refractivity contribution in [1.82, 2.24) is 4.98 Å². The Morgan fingerprint density at radius 3 is 1.84 bits per heavy atom. The molecule has 0 amide bonds. The lowest BCUT2D eigenvalue weighted by molar-refractivity contribution is 1.33. The van der Waals surface area contributed by atoms with Crippen molar-refractivity contribution in [2.24, 2.45) is 5.10 Å². The third-order valence-corrected chi connectivity index (χ3v) is 9.47. The molecule has 0 radical (unpaired) electrons. The van der Waals surface area contributed by atoms with Crippen molar-refractivity contribution in [3.63, 3.8) is 0 Å². The molecule has 0 aliphatic heterocycles. The largest absolute Gasteiger partial charge is 0.299 e. The van der Waals surface area contributed by atoms with Crippen LogP contribution in [0.15, 0.2) is 175 Å². The summed E-state index contributed by atoms with van der Waals surface area (Å²) in [7, 11) is 0. The molecule has 1 aromatic heterocycles. The van der Waals surface area contributed by atoms with Crippen LogP contribution in [-0.2, 0) is 0 Å². The summed E-state index contributed by atoms with van der Waals surface area (Å²) in [6.07, 6.45) is 9.65. The minimum Gasteiger partial charge on any atom is -0.299 e. The smallest absolute Gasteiger partial charge is 0.108 e. The Bertz CT molecular complexity index is 2640. The molecule has 4 heteroatoms. The maximum absolute atomic E-state index is 9.08. The molecule has 49 heavy (non-hydrogen) atoms. The third kappa shape index (κ3) is 4.90. The number of pyridine rings is 1. The van der Waals surface area contributed by atoms with Gasteiger partial charge in [0.2, 0.25) is 0 Å². The lowest BCUT2D eigenvalue weighted by atomic mass is 9.83. The molecule has 4 nitrogen and oxygen atoms in total. The van der Waals surface area contributed by atoms with Gasteiger partial charge in [0.25, 0.3) is 0 Å². The summed E-state index contributed by atoms with van der Waals surface area (Å²) < 4.78 is 0. The van der Waals surface area contributed by atoms with E-state index in [1.54, 1.807) is 6.20 Å². The average Bonchev–Trinajstić information content (AvgIpc) is 3.16. The summed E-state index contributed by atoms with van der Waals surface area (Å²) in [5.41, 5.74) is 11.8. The lowest BCUT2D eigenvalue weighted by Crippen LogP contribution is -2.14. The second-order valence-corrected chi connectivity index (χ2v) is 12.3. The fourth-order valence-electron chi connectivity index (χ4n) is 7.25. The SMILES string of the molecule is N=C1C=C(c2c3ccccc3c(-c3cccc4ccccc34)c3ccccc23)C=C/C1=N/Nc1ccc(-c2cccnc2)c2ccccc12. The number of nitrogens with one attached hydrogen (secondary N) is 2. The van der Waals surface area contributed by atoms with E-state index in [-0.39, 0.29) is 0 Å². The van der Waals surface area contributed by atoms with Crippen molar-refractivity contribution >= 4 is 65.8 Å². The van der Waals surface area contributed by atoms with Crippen LogP contribution in [0, 0.1) is 5.41 Å². The molecule has 0 atom stereocenters. The van der Waals surface area contributed by atoms with Crippen LogP contribution < -0.4 is 5.43 Å². The van der Waals surface area contributed by atoms with E-state index in [4.69, 9.17) is 10.5 Å². The first kappa shape index (κ1) is 28.6. The van der Waals surface area contributed by atoms with Gasteiger partial charge in [-0.15, -0.1) is 0 Å². The van der Waals surface area contributed by atoms with Gasteiger partial charge in [-0.3, -0.25) is 15.8 Å². The van der Waals surface area contributed by atoms with Crippen LogP contribution in [-0.4, -0.2) is 16.4 Å². The maximum Gasteiger partial charge on any atom is 0.108 e. The highest BCUT2D eigenvalue weighted by Gasteiger charge is 2.20. The zero-order chi connectivity index (χ0) is 32.7. The zero-order valence-corrected chi connectivity index (χ0v) is 26.6. The van der Waals surface area contributed by atoms with Gasteiger partial charge in [0, 0.05) is 23.3 Å². The molecule has 0 fully saturated rings. The first-order valence-corrected chi connectivity index (χ1v) is 16.4. The zero-order valence-electron chi connectivity index (χ0n) is 26.6. The molecule has 7 aromatic carbocycles. The maximum atomic E-state index is 9.08. The number of aromatic nitrogens is 1. The Kier molecular flexibility index (Phi) is 6.91. The highest BCUT2D eigenvalue weighted by Crippen LogP contribution is 2.44. The molecule has 8 aromatic rings. The summed E-state index contributed by atoms with van der Waals surface area (Å²) in [6.45, 7) is 0. The third-order valence-electron chi connectivity index (χ3n) is 9.47. The number of hydrogen-bond donors (Lipinski definition) is 2. The number of anilines is 1. The molecule has 0 spiro atoms. The summed E-state index contributed by atoms with van der Waals surface area (Å²) in [5.74, 6) is 0. The van der Waals surface area contributed by atoms with E-state index in [0.717, 1.165) is 49.5 Å². The molecular formula is C45H30N4. The van der Waals surface area contributed by atoms with E-state index in [1.165, 1.54) is 32.7 Å². The fraction of sp³-hybridized carbons (Fsp3) is 0. The summed E-state index contributed by atoms with van der Waals surface area (Å²) >= 11 is 0. The van der Waals surface area contributed by atoms with Crippen molar-refractivity contribution in [2.75, 3.05) is 5.43 Å². The Hall–Kier alpha value is -6.65. The van der Waals surface area contributed by atoms with Gasteiger partial charge in [0.05, 0.1) is 11.4 Å². The van der Waals surface area contributed by atoms with Crippen molar-refractivity contribution < 1.29 is 0 Å². The molecule has 1 heterocycles. The molecule has 230 valence electrons. The molecule has 0 bridgehead atoms. The van der Waals surface area contributed by atoms with E-state index in [2.05, 4.69) is 132 Å². The van der Waals surface area contributed by atoms with Gasteiger partial charge in [-0.1, -0.05) is 133 Å². The molecule has 0 saturated heterocycles. The van der Waals surface area contributed by atoms with Crippen LogP contribution in [0.5, 0.6) is 0 Å². The number of rotatable bonds is 5. The van der Waals surface area contributed by atoms with E-state index in [1.807, 2.05) is 42.6 Å². The van der Waals surface area contributed by atoms with Crippen molar-refractivity contribution in [3.8, 4) is 22.3 Å². The van der Waals surface area contributed by atoms with Crippen molar-refractivity contribution in [3.05, 3.63) is 176 Å². The number of nitrogens with zero attached hydrogens (tertiary/aromatic N) is 2. The average molecular weight is 627 g/mol. The van der Waals surface area contributed by atoms with Crippen LogP contribution in [0.2, 0.25) is 0 Å². The van der Waals surface area contributed by atoms with Gasteiger partial charge in [-0.25, -0.2) is 0 Å². The van der Waals surface area contributed by atoms with Gasteiger partial charge in [-0.05, 0) is 89.8 Å². The minimum atomic E-state index is 0.354. The van der Waals surface area contributed by atoms with Crippen LogP contribution in [0.3, 0.4) is 0 Å². The summed E-state index contributed by atoms with van der Waals surface area (Å²) in [4.78, 5) is 4.31. The topological polar surface area (TPSA) is 61.1 Å². The van der Waals surface area contributed by atoms with Crippen LogP contribution in [0.4, 0.5) is 5.69 Å². The number of hydrazone groups is 1. The number of hydrogen-bond acceptors (Lipinski definition) is 4. The van der Waals surface area contributed by atoms with Crippen molar-refractivity contribution in [2.45, 2.75) is 0 Å². The second kappa shape index (κ2) is 11.9. The minimum absolute atomic E-state index is 0.354. The summed E-state index contributed by atoms with van der Waals surface area (Å²) in [5, 5.41) is 23.1. The van der Waals surface area contributed by atoms with Gasteiger partial charge < -0.3 is 0 Å². The molecule has 2 N–H and O–H groups in total. The summed E-state index contributed by atoms with van der Waals surface area (Å²) in [6, 6.07) is 48.9. The Labute approximate surface area is 283 Å². The Morgan fingerprint density at radius 1 is 0.510 bits per heavy atom. The Balaban J connectivity index is 1.12. The van der Waals surface area contributed by atoms with Crippen molar-refractivity contribution in [1.29, 1.82) is 5.41 Å². The van der Waals surface area contributed by atoms with Crippen LogP contribution in [0.1, 0.15) is 5.56 Å². The number of benzene rings is 7. The predicted molar refractivity (Wildman–Crippen MR) is 207 cm³/mol. The van der Waals surface area contributed by atoms with Gasteiger partial charge >= 0.3 is 0 Å². The fourth-order valence-corrected chi connectivity index (χ4v) is 7.25. The molecule has 1 aliphatic carbocycles. The monoisotopic (exact) mass is 626 g/mol. The standard InChI is InChI=1S/C45H30N4/c46-41-27-30(22-24-43(41)49-48-42-25-23-33(31-13-10-26-47-28-31)34-15-3-4-16-35(34)42)44-37-17-5-7-19-39(37)45(40-20-8-6-18-38(40)44)36-21-9-12-29-11-1-2-14-32(29)36/h1-28,46,48H/b46-41?,49-43-. The molecule has 1 aliphatic rings. The van der Waals surface area contributed by atoms with Gasteiger partial charge in [0.15, 0.2) is 0 Å². The van der Waals surface area contributed by atoms with Gasteiger partial charge in [0.1, 0.15) is 5.71 Å². The van der Waals surface area contributed by atoms with Crippen LogP contribution in [0.25, 0.3) is 70.9 Å². The first-order valence-electron chi connectivity index (χ1n) is 16.4. The Morgan fingerprint density at radius 2 is 1.14 bits per heavy atom. The highest BCUT2D eigenvalue weighted by atomic mass is 15.3. The molecule has 0 unspecified atom stereocenters. The molecule has 0 saturated carbocycles. The van der Waals surface area contributed by atoms with Gasteiger partial charge in [-0.2, -0.15) is 5.10 Å². The highest BCUT2D eigenvalue weighted by molar-refractivity contribution is 6.52. The predicted octanol–water partition coefficient (Wildman–Crippen LogP) is 11.5. The van der Waals surface area contributed by atoms with E-state index >= 15 is 0 Å². The number of allylic oxidation sites excluding steroid dienone is 4. The lowest BCUT2D eigenvalue weighted by Gasteiger charge is -2.20. The normalized spacial score (nSPS) is 13.8. The number of fused-ring (bicyclic) bond motifs is 4. The second-order valence-electron chi connectivity index (χ2n) is 12.3. The van der Waals surface area contributed by atoms with E-state index in [9.17, 15) is 0 Å². The van der Waals surface area contributed by atoms with Crippen LogP contribution >= 0.6 is 0 Å².